The molecule has 4 N–H and O–H groups in total. The summed E-state index contributed by atoms with van der Waals surface area (Å²) < 4.78 is 5.14. The molecule has 0 aliphatic carbocycles. The second kappa shape index (κ2) is 11.9. The molecule has 0 bridgehead atoms. The third-order valence-electron chi connectivity index (χ3n) is 6.04. The fraction of sp³-hybridized carbons (Fsp3) is 0.280. The highest BCUT2D eigenvalue weighted by Gasteiger charge is 2.42. The number of carbonyl (C=O) groups is 4. The lowest BCUT2D eigenvalue weighted by Gasteiger charge is -2.25. The van der Waals surface area contributed by atoms with Crippen molar-refractivity contribution in [3.63, 3.8) is 0 Å². The Labute approximate surface area is 217 Å². The van der Waals surface area contributed by atoms with Crippen LogP contribution >= 0.6 is 0 Å². The lowest BCUT2D eigenvalue weighted by atomic mass is 10.0. The molecule has 2 aromatic heterocycles. The number of rotatable bonds is 9. The molecule has 13 heteroatoms. The third-order valence-corrected chi connectivity index (χ3v) is 6.04. The number of nitrogens with one attached hydrogen (secondary N) is 2. The van der Waals surface area contributed by atoms with Gasteiger partial charge < -0.3 is 26.0 Å². The summed E-state index contributed by atoms with van der Waals surface area (Å²) in [6, 6.07) is 4.38. The first kappa shape index (κ1) is 26.1. The Bertz CT molecular complexity index is 1290. The first-order chi connectivity index (χ1) is 18.4. The maximum Gasteiger partial charge on any atom is 0.274 e. The number of primary amides is 1. The number of aromatic nitrogens is 4. The van der Waals surface area contributed by atoms with Crippen LogP contribution < -0.4 is 21.1 Å². The van der Waals surface area contributed by atoms with E-state index in [2.05, 4.69) is 30.6 Å². The molecule has 1 saturated heterocycles. The molecular formula is C25H26N8O5. The molecule has 1 aliphatic rings. The summed E-state index contributed by atoms with van der Waals surface area (Å²) in [6.07, 6.45) is 8.45. The maximum atomic E-state index is 13.4. The molecule has 1 aromatic carbocycles. The molecule has 3 aromatic rings. The number of hydrogen-bond acceptors (Lipinski definition) is 9. The SMILES string of the molecule is COc1ccc(C[C@H](NC(=O)[C@@H]2C[C@H](NC(=O)c3cnccn3)CN2C(=O)c2cnccn2)C(N)=O)cc1. The standard InChI is InChI=1S/C25H26N8O5/c1-38-17-4-2-15(3-5-17)10-18(22(26)34)32-24(36)21-11-16(31-23(35)19-12-27-6-8-29-19)14-33(21)25(37)20-13-28-7-9-30-20/h2-9,12-13,16,18,21H,10-11,14H2,1H3,(H2,26,34)(H,31,35)(H,32,36)/t16-,18-,21-/m0/s1. The predicted octanol–water partition coefficient (Wildman–Crippen LogP) is -0.499. The molecule has 0 spiro atoms. The molecule has 3 heterocycles. The first-order valence-corrected chi connectivity index (χ1v) is 11.7. The topological polar surface area (TPSA) is 182 Å². The highest BCUT2D eigenvalue weighted by Crippen LogP contribution is 2.21. The molecule has 38 heavy (non-hydrogen) atoms. The van der Waals surface area contributed by atoms with Gasteiger partial charge in [0.15, 0.2) is 0 Å². The van der Waals surface area contributed by atoms with Crippen LogP contribution in [-0.2, 0) is 16.0 Å². The lowest BCUT2D eigenvalue weighted by molar-refractivity contribution is -0.129. The van der Waals surface area contributed by atoms with Gasteiger partial charge in [-0.15, -0.1) is 0 Å². The van der Waals surface area contributed by atoms with Gasteiger partial charge in [-0.05, 0) is 24.1 Å². The number of carbonyl (C=O) groups excluding carboxylic acids is 4. The van der Waals surface area contributed by atoms with Gasteiger partial charge in [0.2, 0.25) is 11.8 Å². The summed E-state index contributed by atoms with van der Waals surface area (Å²) >= 11 is 0. The van der Waals surface area contributed by atoms with Gasteiger partial charge in [0.25, 0.3) is 11.8 Å². The lowest BCUT2D eigenvalue weighted by Crippen LogP contribution is -2.53. The number of nitrogens with zero attached hydrogens (tertiary/aromatic N) is 5. The Hall–Kier alpha value is -4.94. The van der Waals surface area contributed by atoms with Gasteiger partial charge in [-0.1, -0.05) is 12.1 Å². The van der Waals surface area contributed by atoms with Gasteiger partial charge in [0.1, 0.15) is 29.2 Å². The van der Waals surface area contributed by atoms with Crippen LogP contribution in [-0.4, -0.2) is 80.2 Å². The van der Waals surface area contributed by atoms with Crippen molar-refractivity contribution >= 4 is 23.6 Å². The number of benzene rings is 1. The van der Waals surface area contributed by atoms with Crippen molar-refractivity contribution in [1.82, 2.24) is 35.5 Å². The summed E-state index contributed by atoms with van der Waals surface area (Å²) in [5.74, 6) is -1.71. The first-order valence-electron chi connectivity index (χ1n) is 11.7. The molecule has 4 rings (SSSR count). The average molecular weight is 519 g/mol. The van der Waals surface area contributed by atoms with Crippen molar-refractivity contribution in [2.75, 3.05) is 13.7 Å². The molecule has 13 nitrogen and oxygen atoms in total. The highest BCUT2D eigenvalue weighted by atomic mass is 16.5. The van der Waals surface area contributed by atoms with Crippen LogP contribution in [0.3, 0.4) is 0 Å². The van der Waals surface area contributed by atoms with Crippen molar-refractivity contribution in [2.45, 2.75) is 31.0 Å². The van der Waals surface area contributed by atoms with Gasteiger partial charge in [-0.3, -0.25) is 29.1 Å². The molecule has 196 valence electrons. The van der Waals surface area contributed by atoms with Crippen LogP contribution in [0.5, 0.6) is 5.75 Å². The number of nitrogens with two attached hydrogens (primary N) is 1. The second-order valence-corrected chi connectivity index (χ2v) is 8.58. The second-order valence-electron chi connectivity index (χ2n) is 8.58. The third kappa shape index (κ3) is 6.24. The van der Waals surface area contributed by atoms with Crippen molar-refractivity contribution < 1.29 is 23.9 Å². The minimum atomic E-state index is -1.03. The van der Waals surface area contributed by atoms with Crippen molar-refractivity contribution in [3.05, 3.63) is 78.4 Å². The van der Waals surface area contributed by atoms with Gasteiger partial charge in [0, 0.05) is 43.8 Å². The van der Waals surface area contributed by atoms with Crippen LogP contribution in [0.2, 0.25) is 0 Å². The Morgan fingerprint density at radius 2 is 1.68 bits per heavy atom. The molecule has 1 fully saturated rings. The fourth-order valence-corrected chi connectivity index (χ4v) is 4.13. The van der Waals surface area contributed by atoms with Gasteiger partial charge in [-0.25, -0.2) is 9.97 Å². The van der Waals surface area contributed by atoms with E-state index in [1.165, 1.54) is 42.1 Å². The Balaban J connectivity index is 1.51. The summed E-state index contributed by atoms with van der Waals surface area (Å²) in [4.78, 5) is 68.6. The smallest absolute Gasteiger partial charge is 0.274 e. The summed E-state index contributed by atoms with van der Waals surface area (Å²) in [5.41, 5.74) is 6.47. The van der Waals surface area contributed by atoms with E-state index in [0.29, 0.717) is 5.75 Å². The van der Waals surface area contributed by atoms with E-state index in [-0.39, 0.29) is 30.8 Å². The van der Waals surface area contributed by atoms with Crippen LogP contribution in [0, 0.1) is 0 Å². The Morgan fingerprint density at radius 3 is 2.26 bits per heavy atom. The highest BCUT2D eigenvalue weighted by molar-refractivity contribution is 5.98. The van der Waals surface area contributed by atoms with E-state index < -0.39 is 41.8 Å². The van der Waals surface area contributed by atoms with E-state index >= 15 is 0 Å². The molecule has 0 saturated carbocycles. The minimum Gasteiger partial charge on any atom is -0.497 e. The van der Waals surface area contributed by atoms with E-state index in [0.717, 1.165) is 5.56 Å². The van der Waals surface area contributed by atoms with Gasteiger partial charge in [0.05, 0.1) is 19.5 Å². The summed E-state index contributed by atoms with van der Waals surface area (Å²) in [5, 5.41) is 5.46. The van der Waals surface area contributed by atoms with E-state index in [9.17, 15) is 19.2 Å². The maximum absolute atomic E-state index is 13.4. The number of hydrogen-bond donors (Lipinski definition) is 3. The van der Waals surface area contributed by atoms with Crippen LogP contribution in [0.4, 0.5) is 0 Å². The zero-order valence-corrected chi connectivity index (χ0v) is 20.5. The monoisotopic (exact) mass is 518 g/mol. The summed E-state index contributed by atoms with van der Waals surface area (Å²) in [6.45, 7) is 0.0270. The molecule has 1 aliphatic heterocycles. The minimum absolute atomic E-state index is 0.0270. The molecular weight excluding hydrogens is 492 g/mol. The Morgan fingerprint density at radius 1 is 1.03 bits per heavy atom. The van der Waals surface area contributed by atoms with Gasteiger partial charge >= 0.3 is 0 Å². The fourth-order valence-electron chi connectivity index (χ4n) is 4.13. The van der Waals surface area contributed by atoms with E-state index in [1.807, 2.05) is 0 Å². The van der Waals surface area contributed by atoms with Crippen LogP contribution in [0.25, 0.3) is 0 Å². The number of methoxy groups -OCH3 is 1. The van der Waals surface area contributed by atoms with Gasteiger partial charge in [-0.2, -0.15) is 0 Å². The molecule has 0 radical (unpaired) electrons. The normalized spacial score (nSPS) is 17.3. The zero-order chi connectivity index (χ0) is 27.1. The quantitative estimate of drug-likeness (QED) is 0.336. The van der Waals surface area contributed by atoms with Crippen molar-refractivity contribution in [3.8, 4) is 5.75 Å². The molecule has 4 amide bonds. The average Bonchev–Trinajstić information content (AvgIpc) is 3.37. The van der Waals surface area contributed by atoms with Crippen LogP contribution in [0.1, 0.15) is 33.0 Å². The van der Waals surface area contributed by atoms with Crippen molar-refractivity contribution in [1.29, 1.82) is 0 Å². The predicted molar refractivity (Wildman–Crippen MR) is 133 cm³/mol. The van der Waals surface area contributed by atoms with E-state index in [1.54, 1.807) is 31.4 Å². The number of likely N-dealkylation sites (tertiary alicyclic amines) is 1. The van der Waals surface area contributed by atoms with Crippen molar-refractivity contribution in [2.24, 2.45) is 5.73 Å². The van der Waals surface area contributed by atoms with Crippen LogP contribution in [0.15, 0.2) is 61.4 Å². The number of ether oxygens (including phenoxy) is 1. The molecule has 3 atom stereocenters. The largest absolute Gasteiger partial charge is 0.497 e. The van der Waals surface area contributed by atoms with E-state index in [4.69, 9.17) is 10.5 Å². The Kier molecular flexibility index (Phi) is 8.16. The molecule has 0 unspecified atom stereocenters. The number of amides is 4. The summed E-state index contributed by atoms with van der Waals surface area (Å²) in [7, 11) is 1.54. The zero-order valence-electron chi connectivity index (χ0n) is 20.5.